The van der Waals surface area contributed by atoms with Crippen molar-refractivity contribution in [2.75, 3.05) is 4.90 Å². The standard InChI is InChI=1S/C22H14ClN3O3/c1-12-3-2-4-17(25-12)26-19(13-7-9-24-10-8-13)18-20(27)15-11-14(23)5-6-16(15)29-21(18)22(26)28/h2-11,19H,1H3. The minimum Gasteiger partial charge on any atom is -0.450 e. The molecule has 1 aliphatic rings. The third-order valence-corrected chi connectivity index (χ3v) is 5.21. The third-order valence-electron chi connectivity index (χ3n) is 4.97. The van der Waals surface area contributed by atoms with Crippen molar-refractivity contribution in [3.05, 3.63) is 98.8 Å². The van der Waals surface area contributed by atoms with Gasteiger partial charge >= 0.3 is 0 Å². The molecule has 5 rings (SSSR count). The van der Waals surface area contributed by atoms with Gasteiger partial charge in [-0.25, -0.2) is 4.98 Å². The van der Waals surface area contributed by atoms with Crippen molar-refractivity contribution in [1.29, 1.82) is 0 Å². The summed E-state index contributed by atoms with van der Waals surface area (Å²) in [7, 11) is 0. The molecular formula is C22H14ClN3O3. The number of amides is 1. The molecule has 0 spiro atoms. The Hall–Kier alpha value is -3.51. The Morgan fingerprint density at radius 3 is 2.62 bits per heavy atom. The van der Waals surface area contributed by atoms with Crippen LogP contribution in [0.15, 0.2) is 70.1 Å². The average Bonchev–Trinajstić information content (AvgIpc) is 3.02. The average molecular weight is 404 g/mol. The fourth-order valence-electron chi connectivity index (χ4n) is 3.71. The number of hydrogen-bond acceptors (Lipinski definition) is 5. The molecule has 6 nitrogen and oxygen atoms in total. The molecule has 1 aromatic carbocycles. The zero-order valence-corrected chi connectivity index (χ0v) is 16.1. The second-order valence-corrected chi connectivity index (χ2v) is 7.25. The minimum atomic E-state index is -0.672. The molecule has 0 bridgehead atoms. The van der Waals surface area contributed by atoms with Gasteiger partial charge in [0.2, 0.25) is 5.76 Å². The summed E-state index contributed by atoms with van der Waals surface area (Å²) in [6.45, 7) is 1.85. The van der Waals surface area contributed by atoms with Gasteiger partial charge in [-0.2, -0.15) is 0 Å². The number of aromatic nitrogens is 2. The van der Waals surface area contributed by atoms with Gasteiger partial charge in [-0.15, -0.1) is 0 Å². The highest BCUT2D eigenvalue weighted by atomic mass is 35.5. The fourth-order valence-corrected chi connectivity index (χ4v) is 3.88. The van der Waals surface area contributed by atoms with Crippen molar-refractivity contribution in [2.24, 2.45) is 0 Å². The van der Waals surface area contributed by atoms with E-state index in [1.54, 1.807) is 48.8 Å². The maximum absolute atomic E-state index is 13.4. The second-order valence-electron chi connectivity index (χ2n) is 6.81. The summed E-state index contributed by atoms with van der Waals surface area (Å²) in [5.41, 5.74) is 1.81. The fraction of sp³-hybridized carbons (Fsp3) is 0.0909. The maximum Gasteiger partial charge on any atom is 0.296 e. The van der Waals surface area contributed by atoms with Crippen LogP contribution in [0.2, 0.25) is 5.02 Å². The minimum absolute atomic E-state index is 0.0231. The summed E-state index contributed by atoms with van der Waals surface area (Å²) in [5, 5.41) is 0.758. The normalized spacial score (nSPS) is 15.7. The van der Waals surface area contributed by atoms with Gasteiger partial charge in [0, 0.05) is 23.1 Å². The number of carbonyl (C=O) groups is 1. The summed E-state index contributed by atoms with van der Waals surface area (Å²) in [4.78, 5) is 36.8. The van der Waals surface area contributed by atoms with E-state index in [1.807, 2.05) is 19.1 Å². The lowest BCUT2D eigenvalue weighted by Gasteiger charge is -2.24. The van der Waals surface area contributed by atoms with E-state index >= 15 is 0 Å². The van der Waals surface area contributed by atoms with E-state index in [0.29, 0.717) is 21.8 Å². The van der Waals surface area contributed by atoms with Crippen molar-refractivity contribution in [3.8, 4) is 0 Å². The van der Waals surface area contributed by atoms with Crippen molar-refractivity contribution in [2.45, 2.75) is 13.0 Å². The van der Waals surface area contributed by atoms with Crippen molar-refractivity contribution in [1.82, 2.24) is 9.97 Å². The number of pyridine rings is 2. The van der Waals surface area contributed by atoms with E-state index in [9.17, 15) is 9.59 Å². The van der Waals surface area contributed by atoms with E-state index in [2.05, 4.69) is 9.97 Å². The SMILES string of the molecule is Cc1cccc(N2C(=O)c3oc4ccc(Cl)cc4c(=O)c3C2c2ccncc2)n1. The smallest absolute Gasteiger partial charge is 0.296 e. The number of fused-ring (bicyclic) bond motifs is 2. The molecule has 1 amide bonds. The Morgan fingerprint density at radius 2 is 1.86 bits per heavy atom. The number of hydrogen-bond donors (Lipinski definition) is 0. The van der Waals surface area contributed by atoms with Crippen LogP contribution >= 0.6 is 11.6 Å². The van der Waals surface area contributed by atoms with Gasteiger partial charge in [-0.05, 0) is 55.0 Å². The van der Waals surface area contributed by atoms with Crippen LogP contribution in [-0.4, -0.2) is 15.9 Å². The number of carbonyl (C=O) groups excluding carboxylic acids is 1. The van der Waals surface area contributed by atoms with Gasteiger partial charge in [-0.1, -0.05) is 17.7 Å². The highest BCUT2D eigenvalue weighted by molar-refractivity contribution is 6.31. The lowest BCUT2D eigenvalue weighted by molar-refractivity contribution is 0.0970. The van der Waals surface area contributed by atoms with E-state index < -0.39 is 11.9 Å². The first kappa shape index (κ1) is 17.6. The Bertz CT molecular complexity index is 1330. The van der Waals surface area contributed by atoms with Crippen molar-refractivity contribution >= 4 is 34.3 Å². The lowest BCUT2D eigenvalue weighted by Crippen LogP contribution is -2.30. The molecule has 4 heterocycles. The number of halogens is 1. The van der Waals surface area contributed by atoms with Gasteiger partial charge in [0.05, 0.1) is 17.0 Å². The van der Waals surface area contributed by atoms with Crippen molar-refractivity contribution < 1.29 is 9.21 Å². The highest BCUT2D eigenvalue weighted by Gasteiger charge is 2.44. The van der Waals surface area contributed by atoms with Gasteiger partial charge in [0.25, 0.3) is 5.91 Å². The van der Waals surface area contributed by atoms with E-state index in [4.69, 9.17) is 16.0 Å². The van der Waals surface area contributed by atoms with Crippen LogP contribution in [0.25, 0.3) is 11.0 Å². The Morgan fingerprint density at radius 1 is 1.07 bits per heavy atom. The Kier molecular flexibility index (Phi) is 3.96. The van der Waals surface area contributed by atoms with Crippen LogP contribution in [0.5, 0.6) is 0 Å². The highest BCUT2D eigenvalue weighted by Crippen LogP contribution is 2.40. The number of aryl methyl sites for hydroxylation is 1. The summed E-state index contributed by atoms with van der Waals surface area (Å²) >= 11 is 6.09. The predicted octanol–water partition coefficient (Wildman–Crippen LogP) is 4.29. The molecule has 4 aromatic rings. The number of nitrogens with zero attached hydrogens (tertiary/aromatic N) is 3. The lowest BCUT2D eigenvalue weighted by atomic mass is 9.99. The predicted molar refractivity (Wildman–Crippen MR) is 109 cm³/mol. The van der Waals surface area contributed by atoms with Gasteiger partial charge in [0.15, 0.2) is 5.43 Å². The molecule has 0 saturated heterocycles. The number of benzene rings is 1. The molecule has 29 heavy (non-hydrogen) atoms. The van der Waals surface area contributed by atoms with E-state index in [0.717, 1.165) is 11.3 Å². The maximum atomic E-state index is 13.4. The first-order chi connectivity index (χ1) is 14.0. The topological polar surface area (TPSA) is 76.3 Å². The molecule has 1 unspecified atom stereocenters. The molecule has 0 fully saturated rings. The van der Waals surface area contributed by atoms with Crippen LogP contribution < -0.4 is 10.3 Å². The van der Waals surface area contributed by atoms with E-state index in [-0.39, 0.29) is 16.8 Å². The summed E-state index contributed by atoms with van der Waals surface area (Å²) < 4.78 is 5.89. The van der Waals surface area contributed by atoms with Crippen molar-refractivity contribution in [3.63, 3.8) is 0 Å². The van der Waals surface area contributed by atoms with Gasteiger partial charge in [-0.3, -0.25) is 19.5 Å². The monoisotopic (exact) mass is 403 g/mol. The summed E-state index contributed by atoms with van der Waals surface area (Å²) in [6.07, 6.45) is 3.25. The second kappa shape index (κ2) is 6.53. The molecule has 7 heteroatoms. The van der Waals surface area contributed by atoms with E-state index in [1.165, 1.54) is 4.90 Å². The first-order valence-electron chi connectivity index (χ1n) is 8.98. The summed E-state index contributed by atoms with van der Waals surface area (Å²) in [6, 6.07) is 13.1. The van der Waals surface area contributed by atoms with Gasteiger partial charge in [0.1, 0.15) is 11.4 Å². The molecule has 1 atom stereocenters. The Balaban J connectivity index is 1.84. The molecule has 3 aromatic heterocycles. The zero-order chi connectivity index (χ0) is 20.1. The first-order valence-corrected chi connectivity index (χ1v) is 9.36. The third kappa shape index (κ3) is 2.72. The Labute approximate surface area is 170 Å². The zero-order valence-electron chi connectivity index (χ0n) is 15.3. The van der Waals surface area contributed by atoms with Crippen LogP contribution in [0.4, 0.5) is 5.82 Å². The summed E-state index contributed by atoms with van der Waals surface area (Å²) in [5.74, 6) is 0.0634. The quantitative estimate of drug-likeness (QED) is 0.499. The van der Waals surface area contributed by atoms with Crippen LogP contribution in [-0.2, 0) is 0 Å². The molecule has 1 aliphatic heterocycles. The molecule has 0 N–H and O–H groups in total. The molecule has 0 saturated carbocycles. The van der Waals surface area contributed by atoms with Crippen LogP contribution in [0.3, 0.4) is 0 Å². The van der Waals surface area contributed by atoms with Gasteiger partial charge < -0.3 is 4.42 Å². The molecule has 0 aliphatic carbocycles. The molecule has 0 radical (unpaired) electrons. The van der Waals surface area contributed by atoms with Crippen LogP contribution in [0, 0.1) is 6.92 Å². The molecular weight excluding hydrogens is 390 g/mol. The molecule has 142 valence electrons. The number of rotatable bonds is 2. The number of anilines is 1. The van der Waals surface area contributed by atoms with Crippen LogP contribution in [0.1, 0.15) is 33.4 Å². The largest absolute Gasteiger partial charge is 0.450 e.